The number of nitrogens with one attached hydrogen (secondary N) is 1. The Morgan fingerprint density at radius 3 is 2.59 bits per heavy atom. The highest BCUT2D eigenvalue weighted by molar-refractivity contribution is 8.77. The molecule has 3 aromatic carbocycles. The minimum absolute atomic E-state index is 0.0675. The van der Waals surface area contributed by atoms with Crippen molar-refractivity contribution >= 4 is 66.7 Å². The standard InChI is InChI=1S/C28H21N3O5S3/c1-16(29-17-9-3-2-4-10-17)24(26(34)36-27-19-12-6-5-11-18(19)25(33)35-27)31-22(32)15-23(31)38-39-28-30-20-13-7-8-14-21(20)37-28/h2-14,23,27,29H,15H2,1H3/b24-16+. The Hall–Kier alpha value is -3.80. The Balaban J connectivity index is 1.26. The smallest absolute Gasteiger partial charge is 0.360 e. The van der Waals surface area contributed by atoms with Gasteiger partial charge in [-0.3, -0.25) is 9.69 Å². The molecule has 4 aromatic rings. The maximum atomic E-state index is 13.6. The first-order chi connectivity index (χ1) is 19.0. The van der Waals surface area contributed by atoms with E-state index >= 15 is 0 Å². The van der Waals surface area contributed by atoms with Crippen LogP contribution in [-0.2, 0) is 19.1 Å². The van der Waals surface area contributed by atoms with Gasteiger partial charge in [-0.25, -0.2) is 14.6 Å². The number of aromatic nitrogens is 1. The number of para-hydroxylation sites is 2. The van der Waals surface area contributed by atoms with E-state index in [1.54, 1.807) is 42.5 Å². The molecule has 0 aliphatic carbocycles. The fourth-order valence-electron chi connectivity index (χ4n) is 4.30. The summed E-state index contributed by atoms with van der Waals surface area (Å²) in [6, 6.07) is 24.0. The van der Waals surface area contributed by atoms with E-state index in [1.807, 2.05) is 54.6 Å². The van der Waals surface area contributed by atoms with Gasteiger partial charge in [0.05, 0.1) is 22.2 Å². The molecule has 11 heteroatoms. The Morgan fingerprint density at radius 2 is 1.79 bits per heavy atom. The summed E-state index contributed by atoms with van der Waals surface area (Å²) < 4.78 is 13.0. The summed E-state index contributed by atoms with van der Waals surface area (Å²) in [5, 5.41) is 2.89. The third-order valence-electron chi connectivity index (χ3n) is 6.17. The van der Waals surface area contributed by atoms with E-state index in [0.717, 1.165) is 20.2 Å². The molecule has 2 unspecified atom stereocenters. The van der Waals surface area contributed by atoms with E-state index in [9.17, 15) is 14.4 Å². The van der Waals surface area contributed by atoms with E-state index in [1.165, 1.54) is 26.5 Å². The van der Waals surface area contributed by atoms with E-state index < -0.39 is 18.2 Å². The highest BCUT2D eigenvalue weighted by Gasteiger charge is 2.44. The van der Waals surface area contributed by atoms with Crippen molar-refractivity contribution in [1.82, 2.24) is 9.88 Å². The van der Waals surface area contributed by atoms with Gasteiger partial charge in [0.1, 0.15) is 5.37 Å². The average molecular weight is 576 g/mol. The van der Waals surface area contributed by atoms with Crippen LogP contribution in [0.4, 0.5) is 5.69 Å². The van der Waals surface area contributed by atoms with Gasteiger partial charge in [0, 0.05) is 16.9 Å². The third-order valence-corrected chi connectivity index (χ3v) is 10.2. The number of fused-ring (bicyclic) bond motifs is 2. The Kier molecular flexibility index (Phi) is 7.03. The van der Waals surface area contributed by atoms with Crippen LogP contribution >= 0.6 is 32.9 Å². The van der Waals surface area contributed by atoms with Gasteiger partial charge in [-0.05, 0) is 48.0 Å². The maximum absolute atomic E-state index is 13.6. The number of hydrogen-bond acceptors (Lipinski definition) is 10. The highest BCUT2D eigenvalue weighted by Crippen LogP contribution is 2.46. The number of nitrogens with zero attached hydrogens (tertiary/aromatic N) is 2. The molecule has 1 N–H and O–H groups in total. The number of hydrogen-bond donors (Lipinski definition) is 1. The molecule has 6 rings (SSSR count). The van der Waals surface area contributed by atoms with Crippen molar-refractivity contribution in [1.29, 1.82) is 0 Å². The van der Waals surface area contributed by atoms with Crippen molar-refractivity contribution in [3.8, 4) is 0 Å². The van der Waals surface area contributed by atoms with Crippen LogP contribution in [0.2, 0.25) is 0 Å². The van der Waals surface area contributed by atoms with Crippen LogP contribution in [0.5, 0.6) is 0 Å². The van der Waals surface area contributed by atoms with E-state index in [-0.39, 0.29) is 23.4 Å². The van der Waals surface area contributed by atoms with Crippen LogP contribution in [0.3, 0.4) is 0 Å². The Morgan fingerprint density at radius 1 is 1.05 bits per heavy atom. The molecule has 196 valence electrons. The summed E-state index contributed by atoms with van der Waals surface area (Å²) in [5.74, 6) is -1.54. The predicted molar refractivity (Wildman–Crippen MR) is 152 cm³/mol. The molecule has 0 spiro atoms. The number of likely N-dealkylation sites (tertiary alicyclic amines) is 1. The summed E-state index contributed by atoms with van der Waals surface area (Å²) in [6.45, 7) is 1.71. The molecule has 39 heavy (non-hydrogen) atoms. The van der Waals surface area contributed by atoms with Crippen molar-refractivity contribution in [3.63, 3.8) is 0 Å². The van der Waals surface area contributed by atoms with Crippen LogP contribution in [0.15, 0.2) is 94.6 Å². The largest absolute Gasteiger partial charge is 0.417 e. The van der Waals surface area contributed by atoms with Crippen LogP contribution < -0.4 is 5.32 Å². The summed E-state index contributed by atoms with van der Waals surface area (Å²) in [6.07, 6.45) is -0.931. The van der Waals surface area contributed by atoms with Crippen molar-refractivity contribution < 1.29 is 23.9 Å². The van der Waals surface area contributed by atoms with Crippen molar-refractivity contribution in [2.24, 2.45) is 0 Å². The molecule has 2 atom stereocenters. The number of allylic oxidation sites excluding steroid dienone is 1. The normalized spacial score (nSPS) is 18.7. The molecule has 2 aliphatic rings. The second-order valence-corrected chi connectivity index (χ2v) is 12.4. The van der Waals surface area contributed by atoms with Gasteiger partial charge < -0.3 is 14.8 Å². The molecular weight excluding hydrogens is 555 g/mol. The summed E-state index contributed by atoms with van der Waals surface area (Å²) >= 11 is 1.58. The number of carbonyl (C=O) groups is 3. The molecule has 0 bridgehead atoms. The maximum Gasteiger partial charge on any atom is 0.360 e. The lowest BCUT2D eigenvalue weighted by Crippen LogP contribution is -2.52. The number of anilines is 1. The Labute approximate surface area is 235 Å². The zero-order chi connectivity index (χ0) is 26.9. The predicted octanol–water partition coefficient (Wildman–Crippen LogP) is 6.35. The van der Waals surface area contributed by atoms with Crippen LogP contribution in [0, 0.1) is 0 Å². The molecule has 8 nitrogen and oxygen atoms in total. The topological polar surface area (TPSA) is 97.8 Å². The molecule has 1 fully saturated rings. The van der Waals surface area contributed by atoms with Gasteiger partial charge in [-0.2, -0.15) is 0 Å². The quantitative estimate of drug-likeness (QED) is 0.112. The van der Waals surface area contributed by atoms with Gasteiger partial charge in [0.15, 0.2) is 10.0 Å². The molecule has 1 saturated heterocycles. The number of esters is 2. The second kappa shape index (κ2) is 10.8. The van der Waals surface area contributed by atoms with Crippen LogP contribution in [0.25, 0.3) is 10.2 Å². The molecular formula is C28H21N3O5S3. The molecule has 2 aliphatic heterocycles. The second-order valence-electron chi connectivity index (χ2n) is 8.74. The number of carbonyl (C=O) groups excluding carboxylic acids is 3. The SMILES string of the molecule is C/C(Nc1ccccc1)=C(/C(=O)OC1OC(=O)c2ccccc21)N1C(=O)CC1SSc1nc2ccccc2s1. The summed E-state index contributed by atoms with van der Waals surface area (Å²) in [7, 11) is 2.93. The molecule has 3 heterocycles. The van der Waals surface area contributed by atoms with Crippen molar-refractivity contribution in [2.75, 3.05) is 5.32 Å². The Bertz CT molecular complexity index is 1590. The monoisotopic (exact) mass is 575 g/mol. The minimum atomic E-state index is -1.19. The number of ether oxygens (including phenoxy) is 2. The van der Waals surface area contributed by atoms with Gasteiger partial charge >= 0.3 is 11.9 Å². The summed E-state index contributed by atoms with van der Waals surface area (Å²) in [4.78, 5) is 44.9. The number of cyclic esters (lactones) is 1. The lowest BCUT2D eigenvalue weighted by Gasteiger charge is -2.40. The fourth-order valence-corrected chi connectivity index (χ4v) is 8.06. The van der Waals surface area contributed by atoms with Crippen molar-refractivity contribution in [2.45, 2.75) is 29.3 Å². The first-order valence-corrected chi connectivity index (χ1v) is 15.1. The van der Waals surface area contributed by atoms with Gasteiger partial charge in [-0.15, -0.1) is 11.3 Å². The molecule has 0 radical (unpaired) electrons. The first-order valence-electron chi connectivity index (χ1n) is 12.0. The molecule has 1 amide bonds. The van der Waals surface area contributed by atoms with Gasteiger partial charge in [-0.1, -0.05) is 59.3 Å². The van der Waals surface area contributed by atoms with Crippen molar-refractivity contribution in [3.05, 3.63) is 101 Å². The number of amides is 1. The van der Waals surface area contributed by atoms with E-state index in [0.29, 0.717) is 16.8 Å². The zero-order valence-electron chi connectivity index (χ0n) is 20.5. The zero-order valence-corrected chi connectivity index (χ0v) is 23.0. The highest BCUT2D eigenvalue weighted by atomic mass is 33.1. The lowest BCUT2D eigenvalue weighted by molar-refractivity contribution is -0.167. The summed E-state index contributed by atoms with van der Waals surface area (Å²) in [5.41, 5.74) is 2.99. The first kappa shape index (κ1) is 25.5. The van der Waals surface area contributed by atoms with Gasteiger partial charge in [0.25, 0.3) is 6.29 Å². The molecule has 1 aromatic heterocycles. The average Bonchev–Trinajstić information content (AvgIpc) is 3.50. The number of thiazole rings is 1. The fraction of sp³-hybridized carbons (Fsp3) is 0.143. The molecule has 0 saturated carbocycles. The third kappa shape index (κ3) is 5.12. The number of benzene rings is 3. The van der Waals surface area contributed by atoms with E-state index in [4.69, 9.17) is 9.47 Å². The van der Waals surface area contributed by atoms with Crippen LogP contribution in [0.1, 0.15) is 35.6 Å². The number of rotatable bonds is 8. The minimum Gasteiger partial charge on any atom is -0.417 e. The lowest BCUT2D eigenvalue weighted by atomic mass is 10.1. The van der Waals surface area contributed by atoms with Gasteiger partial charge in [0.2, 0.25) is 5.91 Å². The number of β-lactam (4-membered cyclic amide) rings is 1. The van der Waals surface area contributed by atoms with Crippen LogP contribution in [-0.4, -0.2) is 33.1 Å². The van der Waals surface area contributed by atoms with E-state index in [2.05, 4.69) is 10.3 Å².